The van der Waals surface area contributed by atoms with Gasteiger partial charge in [-0.15, -0.1) is 0 Å². The van der Waals surface area contributed by atoms with Crippen molar-refractivity contribution in [3.05, 3.63) is 89.5 Å². The van der Waals surface area contributed by atoms with Gasteiger partial charge in [-0.3, -0.25) is 4.79 Å². The van der Waals surface area contributed by atoms with E-state index in [0.717, 1.165) is 38.1 Å². The molecule has 3 aromatic carbocycles. The van der Waals surface area contributed by atoms with Crippen LogP contribution in [0, 0.1) is 5.92 Å². The fraction of sp³-hybridized carbons (Fsp3) is 0.259. The fourth-order valence-electron chi connectivity index (χ4n) is 4.34. The van der Waals surface area contributed by atoms with E-state index in [4.69, 9.17) is 0 Å². The molecule has 1 saturated heterocycles. The van der Waals surface area contributed by atoms with E-state index in [1.54, 1.807) is 41.3 Å². The number of piperidine rings is 1. The molecule has 0 aliphatic carbocycles. The molecule has 8 heteroatoms. The first-order chi connectivity index (χ1) is 16.7. The van der Waals surface area contributed by atoms with Gasteiger partial charge in [0, 0.05) is 17.8 Å². The highest BCUT2D eigenvalue weighted by Crippen LogP contribution is 2.33. The van der Waals surface area contributed by atoms with Crippen molar-refractivity contribution < 1.29 is 27.9 Å². The molecule has 3 aromatic rings. The van der Waals surface area contributed by atoms with Gasteiger partial charge in [-0.1, -0.05) is 36.4 Å². The smallest absolute Gasteiger partial charge is 0.416 e. The first kappa shape index (κ1) is 24.5. The second-order valence-electron chi connectivity index (χ2n) is 8.59. The van der Waals surface area contributed by atoms with Crippen LogP contribution >= 0.6 is 0 Å². The molecule has 1 aliphatic heterocycles. The van der Waals surface area contributed by atoms with Gasteiger partial charge in [-0.25, -0.2) is 4.79 Å². The molecule has 0 saturated carbocycles. The van der Waals surface area contributed by atoms with E-state index in [2.05, 4.69) is 5.32 Å². The van der Waals surface area contributed by atoms with Crippen LogP contribution < -0.4 is 10.2 Å². The monoisotopic (exact) mass is 482 g/mol. The number of carboxylic acids is 1. The molecule has 35 heavy (non-hydrogen) atoms. The van der Waals surface area contributed by atoms with Gasteiger partial charge in [-0.05, 0) is 79.4 Å². The molecule has 1 heterocycles. The summed E-state index contributed by atoms with van der Waals surface area (Å²) in [7, 11) is 0. The molecular weight excluding hydrogens is 457 g/mol. The number of carbonyl (C=O) groups is 2. The minimum absolute atomic E-state index is 0.0710. The van der Waals surface area contributed by atoms with E-state index >= 15 is 0 Å². The first-order valence-corrected chi connectivity index (χ1v) is 11.4. The Kier molecular flexibility index (Phi) is 7.21. The summed E-state index contributed by atoms with van der Waals surface area (Å²) in [6, 6.07) is 17.7. The maximum Gasteiger partial charge on any atom is 0.416 e. The average Bonchev–Trinajstić information content (AvgIpc) is 2.87. The normalized spacial score (nSPS) is 14.5. The van der Waals surface area contributed by atoms with Gasteiger partial charge in [0.1, 0.15) is 0 Å². The number of rotatable bonds is 6. The second kappa shape index (κ2) is 10.3. The van der Waals surface area contributed by atoms with Crippen molar-refractivity contribution in [2.75, 3.05) is 24.5 Å². The Morgan fingerprint density at radius 3 is 2.29 bits per heavy atom. The lowest BCUT2D eigenvalue weighted by Crippen LogP contribution is -2.39. The van der Waals surface area contributed by atoms with E-state index in [9.17, 15) is 27.9 Å². The Balaban J connectivity index is 1.73. The number of nitrogens with one attached hydrogen (secondary N) is 1. The van der Waals surface area contributed by atoms with Crippen molar-refractivity contribution in [3.8, 4) is 11.1 Å². The number of anilines is 1. The molecule has 2 N–H and O–H groups in total. The Bertz CT molecular complexity index is 1200. The van der Waals surface area contributed by atoms with E-state index < -0.39 is 17.7 Å². The maximum absolute atomic E-state index is 13.9. The van der Waals surface area contributed by atoms with E-state index in [1.165, 1.54) is 24.3 Å². The van der Waals surface area contributed by atoms with Crippen molar-refractivity contribution in [1.82, 2.24) is 5.32 Å². The summed E-state index contributed by atoms with van der Waals surface area (Å²) < 4.78 is 39.1. The predicted octanol–water partition coefficient (Wildman–Crippen LogP) is 5.72. The van der Waals surface area contributed by atoms with Crippen molar-refractivity contribution in [1.29, 1.82) is 0 Å². The van der Waals surface area contributed by atoms with Crippen LogP contribution in [0.1, 0.15) is 39.1 Å². The zero-order valence-electron chi connectivity index (χ0n) is 18.9. The van der Waals surface area contributed by atoms with Crippen LogP contribution in [0.5, 0.6) is 0 Å². The second-order valence-corrected chi connectivity index (χ2v) is 8.59. The van der Waals surface area contributed by atoms with Crippen LogP contribution in [0.2, 0.25) is 0 Å². The molecule has 0 bridgehead atoms. The third-order valence-corrected chi connectivity index (χ3v) is 6.23. The van der Waals surface area contributed by atoms with Crippen LogP contribution in [0.25, 0.3) is 11.1 Å². The van der Waals surface area contributed by atoms with Crippen molar-refractivity contribution in [3.63, 3.8) is 0 Å². The molecule has 1 amide bonds. The van der Waals surface area contributed by atoms with Crippen LogP contribution in [0.4, 0.5) is 18.9 Å². The summed E-state index contributed by atoms with van der Waals surface area (Å²) in [5, 5.41) is 12.7. The number of carbonyl (C=O) groups excluding carboxylic acids is 1. The quantitative estimate of drug-likeness (QED) is 0.472. The van der Waals surface area contributed by atoms with Gasteiger partial charge in [0.25, 0.3) is 5.91 Å². The lowest BCUT2D eigenvalue weighted by atomic mass is 9.95. The standard InChI is InChI=1S/C27H25F3N2O3/c28-27(29,30)21-10-8-19(9-11-21)23-6-1-2-7-24(23)25(33)32(17-18-12-14-31-15-13-18)22-5-3-4-20(16-22)26(34)35/h1-11,16,18,31H,12-15,17H2,(H,34,35). The summed E-state index contributed by atoms with van der Waals surface area (Å²) in [5.74, 6) is -1.19. The third kappa shape index (κ3) is 5.71. The third-order valence-electron chi connectivity index (χ3n) is 6.23. The number of hydrogen-bond donors (Lipinski definition) is 2. The number of amides is 1. The van der Waals surface area contributed by atoms with Crippen molar-refractivity contribution >= 4 is 17.6 Å². The molecule has 0 radical (unpaired) electrons. The number of alkyl halides is 3. The number of carboxylic acid groups (broad SMARTS) is 1. The molecule has 0 spiro atoms. The predicted molar refractivity (Wildman–Crippen MR) is 128 cm³/mol. The van der Waals surface area contributed by atoms with Crippen molar-refractivity contribution in [2.45, 2.75) is 19.0 Å². The SMILES string of the molecule is O=C(O)c1cccc(N(CC2CCNCC2)C(=O)c2ccccc2-c2ccc(C(F)(F)F)cc2)c1. The fourth-order valence-corrected chi connectivity index (χ4v) is 4.34. The van der Waals surface area contributed by atoms with E-state index in [0.29, 0.717) is 28.9 Å². The van der Waals surface area contributed by atoms with E-state index in [-0.39, 0.29) is 17.4 Å². The van der Waals surface area contributed by atoms with Gasteiger partial charge >= 0.3 is 12.1 Å². The van der Waals surface area contributed by atoms with Gasteiger partial charge < -0.3 is 15.3 Å². The molecule has 182 valence electrons. The largest absolute Gasteiger partial charge is 0.478 e. The lowest BCUT2D eigenvalue weighted by Gasteiger charge is -2.31. The molecule has 0 atom stereocenters. The van der Waals surface area contributed by atoms with Gasteiger partial charge in [0.2, 0.25) is 0 Å². The molecule has 0 aromatic heterocycles. The summed E-state index contributed by atoms with van der Waals surface area (Å²) in [6.45, 7) is 2.08. The lowest BCUT2D eigenvalue weighted by molar-refractivity contribution is -0.137. The topological polar surface area (TPSA) is 69.6 Å². The van der Waals surface area contributed by atoms with Crippen LogP contribution in [0.15, 0.2) is 72.8 Å². The number of aromatic carboxylic acids is 1. The molecular formula is C27H25F3N2O3. The van der Waals surface area contributed by atoms with Crippen LogP contribution in [-0.4, -0.2) is 36.6 Å². The minimum atomic E-state index is -4.45. The minimum Gasteiger partial charge on any atom is -0.478 e. The summed E-state index contributed by atoms with van der Waals surface area (Å²) >= 11 is 0. The van der Waals surface area contributed by atoms with Crippen LogP contribution in [0.3, 0.4) is 0 Å². The maximum atomic E-state index is 13.9. The summed E-state index contributed by atoms with van der Waals surface area (Å²) in [6.07, 6.45) is -2.69. The number of hydrogen-bond acceptors (Lipinski definition) is 3. The molecule has 1 aliphatic rings. The molecule has 5 nitrogen and oxygen atoms in total. The van der Waals surface area contributed by atoms with Gasteiger partial charge in [0.15, 0.2) is 0 Å². The summed E-state index contributed by atoms with van der Waals surface area (Å²) in [4.78, 5) is 27.0. The average molecular weight is 483 g/mol. The Labute approximate surface area is 201 Å². The zero-order chi connectivity index (χ0) is 25.0. The van der Waals surface area contributed by atoms with Crippen LogP contribution in [-0.2, 0) is 6.18 Å². The Hall–Kier alpha value is -3.65. The number of nitrogens with zero attached hydrogens (tertiary/aromatic N) is 1. The highest BCUT2D eigenvalue weighted by Gasteiger charge is 2.30. The molecule has 0 unspecified atom stereocenters. The van der Waals surface area contributed by atoms with Gasteiger partial charge in [-0.2, -0.15) is 13.2 Å². The Morgan fingerprint density at radius 1 is 0.943 bits per heavy atom. The van der Waals surface area contributed by atoms with Gasteiger partial charge in [0.05, 0.1) is 11.1 Å². The number of benzene rings is 3. The molecule has 1 fully saturated rings. The summed E-state index contributed by atoms with van der Waals surface area (Å²) in [5.41, 5.74) is 1.11. The Morgan fingerprint density at radius 2 is 1.63 bits per heavy atom. The highest BCUT2D eigenvalue weighted by atomic mass is 19.4. The van der Waals surface area contributed by atoms with E-state index in [1.807, 2.05) is 0 Å². The van der Waals surface area contributed by atoms with Crippen molar-refractivity contribution in [2.24, 2.45) is 5.92 Å². The zero-order valence-corrected chi connectivity index (χ0v) is 18.9. The first-order valence-electron chi connectivity index (χ1n) is 11.4. The highest BCUT2D eigenvalue weighted by molar-refractivity contribution is 6.10. The molecule has 4 rings (SSSR count). The number of halogens is 3.